The highest BCUT2D eigenvalue weighted by Crippen LogP contribution is 2.38. The van der Waals surface area contributed by atoms with Gasteiger partial charge in [0.1, 0.15) is 11.9 Å². The van der Waals surface area contributed by atoms with E-state index in [1.54, 1.807) is 17.0 Å². The molecule has 1 unspecified atom stereocenters. The van der Waals surface area contributed by atoms with E-state index < -0.39 is 16.8 Å². The third-order valence-electron chi connectivity index (χ3n) is 3.83. The van der Waals surface area contributed by atoms with Crippen molar-refractivity contribution in [1.82, 2.24) is 4.98 Å². The number of fused-ring (bicyclic) bond motifs is 1. The minimum Gasteiger partial charge on any atom is -0.481 e. The molecule has 2 aromatic rings. The molecular formula is C14H12BrN3O4. The Labute approximate surface area is 133 Å². The maximum Gasteiger partial charge on any atom is 0.311 e. The van der Waals surface area contributed by atoms with Crippen LogP contribution in [0.25, 0.3) is 10.9 Å². The summed E-state index contributed by atoms with van der Waals surface area (Å²) in [6.45, 7) is 0.741. The van der Waals surface area contributed by atoms with Crippen molar-refractivity contribution < 1.29 is 14.8 Å². The number of rotatable bonds is 3. The number of anilines is 1. The van der Waals surface area contributed by atoms with E-state index in [1.807, 2.05) is 6.07 Å². The Morgan fingerprint density at radius 3 is 2.91 bits per heavy atom. The van der Waals surface area contributed by atoms with Crippen molar-refractivity contribution >= 4 is 44.2 Å². The van der Waals surface area contributed by atoms with Gasteiger partial charge in [0.15, 0.2) is 0 Å². The van der Waals surface area contributed by atoms with Gasteiger partial charge in [0.05, 0.1) is 16.4 Å². The Kier molecular flexibility index (Phi) is 3.69. The summed E-state index contributed by atoms with van der Waals surface area (Å²) in [6, 6.07) is 5.37. The Hall–Kier alpha value is -2.22. The average molecular weight is 366 g/mol. The van der Waals surface area contributed by atoms with Crippen molar-refractivity contribution in [3.8, 4) is 0 Å². The second-order valence-corrected chi connectivity index (χ2v) is 6.10. The van der Waals surface area contributed by atoms with Crippen molar-refractivity contribution in [2.45, 2.75) is 6.42 Å². The lowest BCUT2D eigenvalue weighted by Crippen LogP contribution is -2.23. The monoisotopic (exact) mass is 365 g/mol. The summed E-state index contributed by atoms with van der Waals surface area (Å²) in [5.41, 5.74) is 0.985. The SMILES string of the molecule is O=C(O)C1CCN(c2c([N+](=O)[O-])cnc3ccc(Br)cc23)C1. The van der Waals surface area contributed by atoms with E-state index in [0.717, 1.165) is 4.47 Å². The van der Waals surface area contributed by atoms with Gasteiger partial charge >= 0.3 is 11.7 Å². The van der Waals surface area contributed by atoms with Crippen LogP contribution in [0.1, 0.15) is 6.42 Å². The van der Waals surface area contributed by atoms with Crippen LogP contribution in [-0.2, 0) is 4.79 Å². The molecule has 1 fully saturated rings. The minimum absolute atomic E-state index is 0.100. The van der Waals surface area contributed by atoms with Gasteiger partial charge in [0.25, 0.3) is 0 Å². The molecule has 2 heterocycles. The predicted molar refractivity (Wildman–Crippen MR) is 84.1 cm³/mol. The normalized spacial score (nSPS) is 17.9. The first-order valence-electron chi connectivity index (χ1n) is 6.68. The maximum absolute atomic E-state index is 11.3. The number of nitrogens with zero attached hydrogens (tertiary/aromatic N) is 3. The molecule has 1 aliphatic heterocycles. The second kappa shape index (κ2) is 5.53. The summed E-state index contributed by atoms with van der Waals surface area (Å²) in [7, 11) is 0. The minimum atomic E-state index is -0.871. The summed E-state index contributed by atoms with van der Waals surface area (Å²) < 4.78 is 0.789. The van der Waals surface area contributed by atoms with Crippen LogP contribution in [0, 0.1) is 16.0 Å². The predicted octanol–water partition coefficient (Wildman–Crippen LogP) is 2.82. The van der Waals surface area contributed by atoms with Gasteiger partial charge in [0.2, 0.25) is 0 Å². The van der Waals surface area contributed by atoms with E-state index in [1.165, 1.54) is 6.20 Å². The molecule has 1 aromatic carbocycles. The van der Waals surface area contributed by atoms with Crippen LogP contribution in [0.4, 0.5) is 11.4 Å². The zero-order valence-electron chi connectivity index (χ0n) is 11.4. The molecule has 22 heavy (non-hydrogen) atoms. The molecule has 0 amide bonds. The lowest BCUT2D eigenvalue weighted by Gasteiger charge is -2.20. The number of carboxylic acids is 1. The van der Waals surface area contributed by atoms with E-state index in [-0.39, 0.29) is 12.2 Å². The number of aliphatic carboxylic acids is 1. The number of halogens is 1. The lowest BCUT2D eigenvalue weighted by atomic mass is 10.1. The highest BCUT2D eigenvalue weighted by atomic mass is 79.9. The molecule has 1 saturated heterocycles. The third kappa shape index (κ3) is 2.50. The van der Waals surface area contributed by atoms with Gasteiger partial charge in [-0.25, -0.2) is 4.98 Å². The van der Waals surface area contributed by atoms with Crippen molar-refractivity contribution in [3.63, 3.8) is 0 Å². The van der Waals surface area contributed by atoms with Gasteiger partial charge in [0, 0.05) is 22.9 Å². The Balaban J connectivity index is 2.17. The highest BCUT2D eigenvalue weighted by molar-refractivity contribution is 9.10. The number of carbonyl (C=O) groups is 1. The number of pyridine rings is 1. The fraction of sp³-hybridized carbons (Fsp3) is 0.286. The molecule has 0 saturated carbocycles. The molecule has 7 nitrogen and oxygen atoms in total. The maximum atomic E-state index is 11.3. The van der Waals surface area contributed by atoms with Crippen LogP contribution in [-0.4, -0.2) is 34.1 Å². The van der Waals surface area contributed by atoms with E-state index in [4.69, 9.17) is 5.11 Å². The molecule has 1 atom stereocenters. The largest absolute Gasteiger partial charge is 0.481 e. The molecule has 3 rings (SSSR count). The van der Waals surface area contributed by atoms with Crippen LogP contribution in [0.3, 0.4) is 0 Å². The van der Waals surface area contributed by atoms with Crippen LogP contribution in [0.5, 0.6) is 0 Å². The molecule has 114 valence electrons. The standard InChI is InChI=1S/C14H12BrN3O4/c15-9-1-2-11-10(5-9)13(12(6-16-11)18(21)22)17-4-3-8(7-17)14(19)20/h1-2,5-6,8H,3-4,7H2,(H,19,20). The number of carboxylic acid groups (broad SMARTS) is 1. The topological polar surface area (TPSA) is 96.6 Å². The van der Waals surface area contributed by atoms with Crippen LogP contribution >= 0.6 is 15.9 Å². The van der Waals surface area contributed by atoms with Gasteiger partial charge in [-0.05, 0) is 24.6 Å². The highest BCUT2D eigenvalue weighted by Gasteiger charge is 2.33. The first-order valence-corrected chi connectivity index (χ1v) is 7.47. The van der Waals surface area contributed by atoms with E-state index in [2.05, 4.69) is 20.9 Å². The van der Waals surface area contributed by atoms with Gasteiger partial charge in [-0.2, -0.15) is 0 Å². The number of hydrogen-bond acceptors (Lipinski definition) is 5. The molecule has 1 aromatic heterocycles. The Morgan fingerprint density at radius 1 is 1.50 bits per heavy atom. The second-order valence-electron chi connectivity index (χ2n) is 5.18. The number of hydrogen-bond donors (Lipinski definition) is 1. The zero-order valence-corrected chi connectivity index (χ0v) is 13.0. The van der Waals surface area contributed by atoms with Crippen molar-refractivity contribution in [1.29, 1.82) is 0 Å². The first-order chi connectivity index (χ1) is 10.5. The van der Waals surface area contributed by atoms with Crippen molar-refractivity contribution in [3.05, 3.63) is 39.0 Å². The number of nitro groups is 1. The molecule has 0 aliphatic carbocycles. The molecule has 1 aliphatic rings. The van der Waals surface area contributed by atoms with Crippen molar-refractivity contribution in [2.24, 2.45) is 5.92 Å². The lowest BCUT2D eigenvalue weighted by molar-refractivity contribution is -0.384. The quantitative estimate of drug-likeness (QED) is 0.663. The van der Waals surface area contributed by atoms with Gasteiger partial charge < -0.3 is 10.0 Å². The van der Waals surface area contributed by atoms with Gasteiger partial charge in [-0.3, -0.25) is 14.9 Å². The zero-order chi connectivity index (χ0) is 15.9. The number of aromatic nitrogens is 1. The molecule has 0 bridgehead atoms. The van der Waals surface area contributed by atoms with Crippen LogP contribution < -0.4 is 4.90 Å². The summed E-state index contributed by atoms with van der Waals surface area (Å²) in [4.78, 5) is 27.9. The van der Waals surface area contributed by atoms with Crippen LogP contribution in [0.2, 0.25) is 0 Å². The fourth-order valence-corrected chi connectivity index (χ4v) is 3.13. The number of benzene rings is 1. The van der Waals surface area contributed by atoms with E-state index >= 15 is 0 Å². The summed E-state index contributed by atoms with van der Waals surface area (Å²) >= 11 is 3.36. The smallest absolute Gasteiger partial charge is 0.311 e. The van der Waals surface area contributed by atoms with E-state index in [9.17, 15) is 14.9 Å². The summed E-state index contributed by atoms with van der Waals surface area (Å²) in [5.74, 6) is -1.38. The Morgan fingerprint density at radius 2 is 2.27 bits per heavy atom. The summed E-state index contributed by atoms with van der Waals surface area (Å²) in [6.07, 6.45) is 1.71. The molecule has 0 spiro atoms. The van der Waals surface area contributed by atoms with Gasteiger partial charge in [-0.1, -0.05) is 15.9 Å². The third-order valence-corrected chi connectivity index (χ3v) is 4.33. The molecule has 8 heteroatoms. The first kappa shape index (κ1) is 14.7. The van der Waals surface area contributed by atoms with Crippen LogP contribution in [0.15, 0.2) is 28.9 Å². The van der Waals surface area contributed by atoms with E-state index in [0.29, 0.717) is 29.6 Å². The Bertz CT molecular complexity index is 780. The summed E-state index contributed by atoms with van der Waals surface area (Å²) in [5, 5.41) is 21.1. The molecule has 1 N–H and O–H groups in total. The molecular weight excluding hydrogens is 354 g/mol. The fourth-order valence-electron chi connectivity index (χ4n) is 2.77. The van der Waals surface area contributed by atoms with Gasteiger partial charge in [-0.15, -0.1) is 0 Å². The molecule has 0 radical (unpaired) electrons. The van der Waals surface area contributed by atoms with Crippen molar-refractivity contribution in [2.75, 3.05) is 18.0 Å². The average Bonchev–Trinajstić information content (AvgIpc) is 2.95.